The molecule has 0 radical (unpaired) electrons. The summed E-state index contributed by atoms with van der Waals surface area (Å²) in [7, 11) is 0. The zero-order valence-electron chi connectivity index (χ0n) is 21.7. The number of halogens is 1. The van der Waals surface area contributed by atoms with Crippen LogP contribution in [0.25, 0.3) is 10.9 Å². The number of benzene rings is 2. The van der Waals surface area contributed by atoms with E-state index in [1.54, 1.807) is 50.2 Å². The second-order valence-corrected chi connectivity index (χ2v) is 8.80. The lowest BCUT2D eigenvalue weighted by atomic mass is 10.1. The Balaban J connectivity index is 1.74. The van der Waals surface area contributed by atoms with Crippen molar-refractivity contribution in [1.29, 1.82) is 0 Å². The monoisotopic (exact) mass is 552 g/mol. The average molecular weight is 553 g/mol. The standard InChI is InChI=1S/C28H29ClN4O6/c1-4-15-33(17-18-7-12-22-21(16-18)26(36)32-28(29)31-22)20-10-8-19(9-11-20)25(35)30-23(27(37)39-6-3)13-14-24(34)38-5-2/h1,7-12,16,23H,5-6,13-15,17H2,2-3H3,(H,30,35)(H,31,32,36)/t23-/m0/s1. The summed E-state index contributed by atoms with van der Waals surface area (Å²) in [6.07, 6.45) is 5.60. The number of carbonyl (C=O) groups is 3. The largest absolute Gasteiger partial charge is 0.466 e. The lowest BCUT2D eigenvalue weighted by molar-refractivity contribution is -0.146. The molecule has 0 aliphatic heterocycles. The normalized spacial score (nSPS) is 11.3. The number of rotatable bonds is 12. The van der Waals surface area contributed by atoms with Gasteiger partial charge in [-0.15, -0.1) is 6.42 Å². The maximum Gasteiger partial charge on any atom is 0.328 e. The number of terminal acetylenes is 1. The number of esters is 2. The maximum atomic E-state index is 12.9. The molecule has 1 heterocycles. The number of aromatic nitrogens is 2. The molecule has 2 N–H and O–H groups in total. The van der Waals surface area contributed by atoms with Crippen molar-refractivity contribution in [3.8, 4) is 12.3 Å². The minimum absolute atomic E-state index is 0.0194. The third-order valence-electron chi connectivity index (χ3n) is 5.71. The van der Waals surface area contributed by atoms with Gasteiger partial charge in [-0.1, -0.05) is 12.0 Å². The first kappa shape index (κ1) is 29.2. The summed E-state index contributed by atoms with van der Waals surface area (Å²) in [6, 6.07) is 11.0. The molecule has 0 saturated heterocycles. The molecule has 1 aromatic heterocycles. The summed E-state index contributed by atoms with van der Waals surface area (Å²) >= 11 is 5.83. The molecule has 3 rings (SSSR count). The van der Waals surface area contributed by atoms with E-state index < -0.39 is 23.9 Å². The molecule has 0 saturated carbocycles. The van der Waals surface area contributed by atoms with Gasteiger partial charge >= 0.3 is 11.9 Å². The summed E-state index contributed by atoms with van der Waals surface area (Å²) < 4.78 is 9.95. The Morgan fingerprint density at radius 3 is 2.51 bits per heavy atom. The first-order valence-electron chi connectivity index (χ1n) is 12.4. The number of nitrogens with one attached hydrogen (secondary N) is 2. The van der Waals surface area contributed by atoms with Crippen molar-refractivity contribution in [1.82, 2.24) is 15.3 Å². The molecule has 204 valence electrons. The van der Waals surface area contributed by atoms with Gasteiger partial charge in [-0.3, -0.25) is 19.4 Å². The van der Waals surface area contributed by atoms with Crippen LogP contribution in [0.15, 0.2) is 47.3 Å². The van der Waals surface area contributed by atoms with Crippen LogP contribution in [0.2, 0.25) is 5.28 Å². The van der Waals surface area contributed by atoms with Gasteiger partial charge < -0.3 is 19.7 Å². The zero-order chi connectivity index (χ0) is 28.4. The molecule has 1 amide bonds. The summed E-state index contributed by atoms with van der Waals surface area (Å²) in [6.45, 7) is 4.38. The molecule has 0 bridgehead atoms. The minimum atomic E-state index is -1.00. The molecular weight excluding hydrogens is 524 g/mol. The van der Waals surface area contributed by atoms with Crippen LogP contribution in [0.1, 0.15) is 42.6 Å². The Bertz CT molecular complexity index is 1430. The van der Waals surface area contributed by atoms with Crippen LogP contribution in [0.5, 0.6) is 0 Å². The summed E-state index contributed by atoms with van der Waals surface area (Å²) in [4.78, 5) is 57.7. The van der Waals surface area contributed by atoms with Crippen molar-refractivity contribution < 1.29 is 23.9 Å². The Morgan fingerprint density at radius 2 is 1.85 bits per heavy atom. The van der Waals surface area contributed by atoms with Crippen LogP contribution >= 0.6 is 11.6 Å². The summed E-state index contributed by atoms with van der Waals surface area (Å²) in [5, 5.41) is 3.07. The van der Waals surface area contributed by atoms with Gasteiger partial charge in [0.15, 0.2) is 0 Å². The summed E-state index contributed by atoms with van der Waals surface area (Å²) in [5.74, 6) is 1.04. The number of aromatic amines is 1. The highest BCUT2D eigenvalue weighted by molar-refractivity contribution is 6.28. The molecule has 0 spiro atoms. The predicted octanol–water partition coefficient (Wildman–Crippen LogP) is 3.22. The first-order valence-corrected chi connectivity index (χ1v) is 12.7. The molecule has 0 unspecified atom stereocenters. The molecular formula is C28H29ClN4O6. The quantitative estimate of drug-likeness (QED) is 0.199. The molecule has 3 aromatic rings. The van der Waals surface area contributed by atoms with Crippen LogP contribution in [0.4, 0.5) is 5.69 Å². The van der Waals surface area contributed by atoms with Crippen LogP contribution < -0.4 is 15.8 Å². The molecule has 0 fully saturated rings. The zero-order valence-corrected chi connectivity index (χ0v) is 22.4. The predicted molar refractivity (Wildman–Crippen MR) is 147 cm³/mol. The van der Waals surface area contributed by atoms with Gasteiger partial charge in [0, 0.05) is 24.2 Å². The van der Waals surface area contributed by atoms with E-state index in [0.29, 0.717) is 23.0 Å². The molecule has 0 aliphatic rings. The molecule has 11 heteroatoms. The molecule has 0 aliphatic carbocycles. The van der Waals surface area contributed by atoms with Crippen LogP contribution in [0, 0.1) is 12.3 Å². The topological polar surface area (TPSA) is 131 Å². The highest BCUT2D eigenvalue weighted by Crippen LogP contribution is 2.20. The Hall–Kier alpha value is -4.36. The number of carbonyl (C=O) groups excluding carboxylic acids is 3. The lowest BCUT2D eigenvalue weighted by Gasteiger charge is -2.23. The van der Waals surface area contributed by atoms with Crippen LogP contribution in [-0.4, -0.2) is 53.6 Å². The minimum Gasteiger partial charge on any atom is -0.466 e. The van der Waals surface area contributed by atoms with E-state index in [2.05, 4.69) is 21.2 Å². The van der Waals surface area contributed by atoms with Gasteiger partial charge in [0.25, 0.3) is 11.5 Å². The average Bonchev–Trinajstić information content (AvgIpc) is 2.91. The number of fused-ring (bicyclic) bond motifs is 1. The van der Waals surface area contributed by atoms with E-state index in [0.717, 1.165) is 11.3 Å². The van der Waals surface area contributed by atoms with E-state index in [9.17, 15) is 19.2 Å². The van der Waals surface area contributed by atoms with Gasteiger partial charge in [0.1, 0.15) is 6.04 Å². The highest BCUT2D eigenvalue weighted by Gasteiger charge is 2.24. The Kier molecular flexibility index (Phi) is 10.5. The van der Waals surface area contributed by atoms with E-state index in [1.165, 1.54) is 0 Å². The molecule has 1 atom stereocenters. The fourth-order valence-corrected chi connectivity index (χ4v) is 4.05. The SMILES string of the molecule is C#CCN(Cc1ccc2nc(Cl)[nH]c(=O)c2c1)c1ccc(C(=O)N[C@@H](CCC(=O)OCC)C(=O)OCC)cc1. The van der Waals surface area contributed by atoms with Gasteiger partial charge in [0.05, 0.1) is 30.7 Å². The van der Waals surface area contributed by atoms with E-state index in [-0.39, 0.29) is 43.4 Å². The fourth-order valence-electron chi connectivity index (χ4n) is 3.88. The Morgan fingerprint density at radius 1 is 1.13 bits per heavy atom. The maximum absolute atomic E-state index is 12.9. The van der Waals surface area contributed by atoms with Gasteiger partial charge in [-0.2, -0.15) is 0 Å². The second kappa shape index (κ2) is 14.0. The van der Waals surface area contributed by atoms with Crippen molar-refractivity contribution in [2.24, 2.45) is 0 Å². The number of hydrogen-bond acceptors (Lipinski definition) is 8. The van der Waals surface area contributed by atoms with Gasteiger partial charge in [-0.25, -0.2) is 9.78 Å². The Labute approximate surface area is 230 Å². The number of amides is 1. The van der Waals surface area contributed by atoms with Crippen molar-refractivity contribution in [2.75, 3.05) is 24.7 Å². The van der Waals surface area contributed by atoms with E-state index >= 15 is 0 Å². The third kappa shape index (κ3) is 8.06. The first-order chi connectivity index (χ1) is 18.7. The van der Waals surface area contributed by atoms with Crippen molar-refractivity contribution >= 4 is 46.0 Å². The summed E-state index contributed by atoms with van der Waals surface area (Å²) in [5.41, 5.74) is 2.03. The van der Waals surface area contributed by atoms with Crippen LogP contribution in [0.3, 0.4) is 0 Å². The number of anilines is 1. The fraction of sp³-hybridized carbons (Fsp3) is 0.321. The molecule has 10 nitrogen and oxygen atoms in total. The van der Waals surface area contributed by atoms with Crippen LogP contribution in [-0.2, 0) is 25.6 Å². The van der Waals surface area contributed by atoms with Gasteiger partial charge in [-0.05, 0) is 73.8 Å². The van der Waals surface area contributed by atoms with Crippen molar-refractivity contribution in [3.63, 3.8) is 0 Å². The highest BCUT2D eigenvalue weighted by atomic mass is 35.5. The third-order valence-corrected chi connectivity index (χ3v) is 5.89. The van der Waals surface area contributed by atoms with Crippen molar-refractivity contribution in [3.05, 3.63) is 69.2 Å². The smallest absolute Gasteiger partial charge is 0.328 e. The number of nitrogens with zero attached hydrogens (tertiary/aromatic N) is 2. The number of ether oxygens (including phenoxy) is 2. The molecule has 2 aromatic carbocycles. The molecule has 39 heavy (non-hydrogen) atoms. The van der Waals surface area contributed by atoms with Crippen molar-refractivity contribution in [2.45, 2.75) is 39.3 Å². The van der Waals surface area contributed by atoms with E-state index in [4.69, 9.17) is 27.5 Å². The second-order valence-electron chi connectivity index (χ2n) is 8.44. The lowest BCUT2D eigenvalue weighted by Crippen LogP contribution is -2.42. The number of hydrogen-bond donors (Lipinski definition) is 2. The number of H-pyrrole nitrogens is 1. The van der Waals surface area contributed by atoms with Gasteiger partial charge in [0.2, 0.25) is 5.28 Å². The van der Waals surface area contributed by atoms with E-state index in [1.807, 2.05) is 11.0 Å².